The SMILES string of the molecule is Cc1cncc(C(=O)N2CCC(c3nc4c(s3)CCN(C3CCC3)CC4)CC2)c1. The van der Waals surface area contributed by atoms with E-state index in [0.29, 0.717) is 11.5 Å². The molecule has 0 radical (unpaired) electrons. The van der Waals surface area contributed by atoms with Gasteiger partial charge in [-0.3, -0.25) is 14.7 Å². The number of amides is 1. The summed E-state index contributed by atoms with van der Waals surface area (Å²) in [6.45, 7) is 6.00. The van der Waals surface area contributed by atoms with Crippen LogP contribution in [0.3, 0.4) is 0 Å². The Hall–Kier alpha value is -1.79. The van der Waals surface area contributed by atoms with Gasteiger partial charge in [0.1, 0.15) is 0 Å². The zero-order chi connectivity index (χ0) is 19.8. The lowest BCUT2D eigenvalue weighted by Crippen LogP contribution is -2.41. The molecule has 0 spiro atoms. The van der Waals surface area contributed by atoms with Crippen molar-refractivity contribution in [2.45, 2.75) is 63.8 Å². The third-order valence-electron chi connectivity index (χ3n) is 6.90. The highest BCUT2D eigenvalue weighted by atomic mass is 32.1. The van der Waals surface area contributed by atoms with Gasteiger partial charge in [-0.25, -0.2) is 4.98 Å². The first-order chi connectivity index (χ1) is 14.2. The van der Waals surface area contributed by atoms with E-state index >= 15 is 0 Å². The minimum Gasteiger partial charge on any atom is -0.339 e. The van der Waals surface area contributed by atoms with Crippen LogP contribution in [-0.2, 0) is 12.8 Å². The van der Waals surface area contributed by atoms with Crippen LogP contribution in [0.1, 0.15) is 69.5 Å². The van der Waals surface area contributed by atoms with E-state index in [9.17, 15) is 4.79 Å². The third kappa shape index (κ3) is 3.97. The predicted molar refractivity (Wildman–Crippen MR) is 116 cm³/mol. The summed E-state index contributed by atoms with van der Waals surface area (Å²) in [5.74, 6) is 0.625. The van der Waals surface area contributed by atoms with Crippen LogP contribution in [-0.4, -0.2) is 57.9 Å². The number of aromatic nitrogens is 2. The second kappa shape index (κ2) is 8.15. The number of carbonyl (C=O) groups excluding carboxylic acids is 1. The Morgan fingerprint density at radius 2 is 1.86 bits per heavy atom. The molecule has 2 aromatic heterocycles. The molecule has 2 aromatic rings. The molecule has 154 valence electrons. The molecule has 29 heavy (non-hydrogen) atoms. The predicted octanol–water partition coefficient (Wildman–Crippen LogP) is 3.82. The normalized spacial score (nSPS) is 21.5. The molecule has 1 amide bonds. The van der Waals surface area contributed by atoms with Crippen LogP contribution in [0.4, 0.5) is 0 Å². The second-order valence-electron chi connectivity index (χ2n) is 8.86. The monoisotopic (exact) mass is 410 g/mol. The van der Waals surface area contributed by atoms with Gasteiger partial charge in [-0.05, 0) is 50.7 Å². The van der Waals surface area contributed by atoms with Crippen LogP contribution in [0, 0.1) is 6.92 Å². The lowest BCUT2D eigenvalue weighted by Gasteiger charge is -2.36. The highest BCUT2D eigenvalue weighted by Crippen LogP contribution is 2.35. The van der Waals surface area contributed by atoms with E-state index in [1.54, 1.807) is 12.4 Å². The smallest absolute Gasteiger partial charge is 0.255 e. The van der Waals surface area contributed by atoms with E-state index in [2.05, 4.69) is 9.88 Å². The Morgan fingerprint density at radius 3 is 2.59 bits per heavy atom. The average Bonchev–Trinajstić information content (AvgIpc) is 3.02. The van der Waals surface area contributed by atoms with E-state index < -0.39 is 0 Å². The van der Waals surface area contributed by atoms with Crippen molar-refractivity contribution in [1.29, 1.82) is 0 Å². The van der Waals surface area contributed by atoms with Crippen LogP contribution < -0.4 is 0 Å². The number of pyridine rings is 1. The Morgan fingerprint density at radius 1 is 1.07 bits per heavy atom. The van der Waals surface area contributed by atoms with Crippen molar-refractivity contribution in [1.82, 2.24) is 19.8 Å². The van der Waals surface area contributed by atoms with Gasteiger partial charge >= 0.3 is 0 Å². The van der Waals surface area contributed by atoms with Gasteiger partial charge in [-0.15, -0.1) is 11.3 Å². The number of aryl methyl sites for hydroxylation is 1. The molecule has 0 N–H and O–H groups in total. The summed E-state index contributed by atoms with van der Waals surface area (Å²) in [5, 5.41) is 1.32. The maximum absolute atomic E-state index is 12.8. The summed E-state index contributed by atoms with van der Waals surface area (Å²) < 4.78 is 0. The molecular weight excluding hydrogens is 380 g/mol. The molecule has 0 aromatic carbocycles. The molecule has 2 fully saturated rings. The van der Waals surface area contributed by atoms with E-state index in [4.69, 9.17) is 4.98 Å². The fraction of sp³-hybridized carbons (Fsp3) is 0.609. The van der Waals surface area contributed by atoms with E-state index in [0.717, 1.165) is 44.0 Å². The number of thiazole rings is 1. The first kappa shape index (κ1) is 19.2. The summed E-state index contributed by atoms with van der Waals surface area (Å²) in [6.07, 6.45) is 12.0. The van der Waals surface area contributed by atoms with E-state index in [1.165, 1.54) is 54.4 Å². The number of carbonyl (C=O) groups is 1. The molecular formula is C23H30N4OS. The number of nitrogens with zero attached hydrogens (tertiary/aromatic N) is 4. The molecule has 1 saturated heterocycles. The Labute approximate surface area is 177 Å². The minimum atomic E-state index is 0.116. The molecule has 5 nitrogen and oxygen atoms in total. The van der Waals surface area contributed by atoms with E-state index in [1.807, 2.05) is 29.2 Å². The van der Waals surface area contributed by atoms with E-state index in [-0.39, 0.29) is 5.91 Å². The second-order valence-corrected chi connectivity index (χ2v) is 9.98. The van der Waals surface area contributed by atoms with Crippen molar-refractivity contribution in [3.8, 4) is 0 Å². The maximum Gasteiger partial charge on any atom is 0.255 e. The van der Waals surface area contributed by atoms with Crippen molar-refractivity contribution < 1.29 is 4.79 Å². The molecule has 0 atom stereocenters. The molecule has 1 aliphatic carbocycles. The number of piperidine rings is 1. The molecule has 0 bridgehead atoms. The van der Waals surface area contributed by atoms with Crippen LogP contribution in [0.2, 0.25) is 0 Å². The number of rotatable bonds is 3. The molecule has 6 heteroatoms. The number of hydrogen-bond donors (Lipinski definition) is 0. The Bertz CT molecular complexity index is 857. The zero-order valence-electron chi connectivity index (χ0n) is 17.3. The first-order valence-corrected chi connectivity index (χ1v) is 11.9. The molecule has 3 aliphatic rings. The number of fused-ring (bicyclic) bond motifs is 1. The quantitative estimate of drug-likeness (QED) is 0.772. The van der Waals surface area contributed by atoms with Gasteiger partial charge in [0, 0.05) is 61.8 Å². The highest BCUT2D eigenvalue weighted by Gasteiger charge is 2.30. The fourth-order valence-corrected chi connectivity index (χ4v) is 6.15. The number of likely N-dealkylation sites (tertiary alicyclic amines) is 1. The first-order valence-electron chi connectivity index (χ1n) is 11.1. The van der Waals surface area contributed by atoms with Crippen LogP contribution >= 0.6 is 11.3 Å². The van der Waals surface area contributed by atoms with Crippen molar-refractivity contribution in [3.63, 3.8) is 0 Å². The van der Waals surface area contributed by atoms with Gasteiger partial charge in [0.15, 0.2) is 0 Å². The average molecular weight is 411 g/mol. The van der Waals surface area contributed by atoms with Crippen LogP contribution in [0.25, 0.3) is 0 Å². The van der Waals surface area contributed by atoms with Crippen molar-refractivity contribution >= 4 is 17.2 Å². The summed E-state index contributed by atoms with van der Waals surface area (Å²) in [5.41, 5.74) is 3.10. The minimum absolute atomic E-state index is 0.116. The van der Waals surface area contributed by atoms with Crippen molar-refractivity contribution in [2.75, 3.05) is 26.2 Å². The fourth-order valence-electron chi connectivity index (χ4n) is 4.88. The number of hydrogen-bond acceptors (Lipinski definition) is 5. The van der Waals surface area contributed by atoms with Gasteiger partial charge in [0.25, 0.3) is 5.91 Å². The third-order valence-corrected chi connectivity index (χ3v) is 8.22. The molecule has 0 unspecified atom stereocenters. The molecule has 5 rings (SSSR count). The van der Waals surface area contributed by atoms with Gasteiger partial charge in [0.2, 0.25) is 0 Å². The van der Waals surface area contributed by atoms with Gasteiger partial charge in [-0.2, -0.15) is 0 Å². The summed E-state index contributed by atoms with van der Waals surface area (Å²) in [4.78, 5) is 28.2. The largest absolute Gasteiger partial charge is 0.339 e. The maximum atomic E-state index is 12.8. The summed E-state index contributed by atoms with van der Waals surface area (Å²) in [6, 6.07) is 2.78. The van der Waals surface area contributed by atoms with Gasteiger partial charge in [0.05, 0.1) is 16.3 Å². The highest BCUT2D eigenvalue weighted by molar-refractivity contribution is 7.11. The van der Waals surface area contributed by atoms with Gasteiger partial charge in [-0.1, -0.05) is 6.42 Å². The summed E-state index contributed by atoms with van der Waals surface area (Å²) in [7, 11) is 0. The molecule has 2 aliphatic heterocycles. The molecule has 4 heterocycles. The topological polar surface area (TPSA) is 49.3 Å². The Kier molecular flexibility index (Phi) is 5.39. The van der Waals surface area contributed by atoms with Crippen LogP contribution in [0.15, 0.2) is 18.5 Å². The zero-order valence-corrected chi connectivity index (χ0v) is 18.1. The van der Waals surface area contributed by atoms with Crippen LogP contribution in [0.5, 0.6) is 0 Å². The summed E-state index contributed by atoms with van der Waals surface area (Å²) >= 11 is 1.95. The molecule has 1 saturated carbocycles. The standard InChI is InChI=1S/C23H30N4OS/c1-16-13-18(15-24-14-16)23(28)27-9-5-17(6-10-27)22-25-20-7-11-26(19-3-2-4-19)12-8-21(20)29-22/h13-15,17,19H,2-12H2,1H3. The van der Waals surface area contributed by atoms with Gasteiger partial charge < -0.3 is 4.90 Å². The lowest BCUT2D eigenvalue weighted by molar-refractivity contribution is 0.0712. The lowest BCUT2D eigenvalue weighted by atomic mass is 9.91. The van der Waals surface area contributed by atoms with Crippen molar-refractivity contribution in [2.24, 2.45) is 0 Å². The van der Waals surface area contributed by atoms with Crippen molar-refractivity contribution in [3.05, 3.63) is 45.2 Å². The Balaban J connectivity index is 1.19.